The zero-order chi connectivity index (χ0) is 14.4. The van der Waals surface area contributed by atoms with Crippen LogP contribution < -0.4 is 4.74 Å². The monoisotopic (exact) mass is 271 g/mol. The lowest BCUT2D eigenvalue weighted by Gasteiger charge is -2.09. The summed E-state index contributed by atoms with van der Waals surface area (Å²) in [5.41, 5.74) is 0.916. The molecule has 0 fully saturated rings. The van der Waals surface area contributed by atoms with E-state index in [0.717, 1.165) is 6.54 Å². The minimum Gasteiger partial charge on any atom is -0.475 e. The first-order valence-corrected chi connectivity index (χ1v) is 6.38. The van der Waals surface area contributed by atoms with Crippen molar-refractivity contribution in [3.63, 3.8) is 0 Å². The van der Waals surface area contributed by atoms with Crippen LogP contribution >= 0.6 is 0 Å². The molecule has 2 aromatic rings. The van der Waals surface area contributed by atoms with Crippen molar-refractivity contribution in [2.75, 3.05) is 27.2 Å². The molecule has 2 rings (SSSR count). The van der Waals surface area contributed by atoms with Crippen LogP contribution in [0.1, 0.15) is 16.1 Å². The second kappa shape index (κ2) is 6.77. The molecule has 0 spiro atoms. The molecule has 1 aromatic heterocycles. The van der Waals surface area contributed by atoms with E-state index >= 15 is 0 Å². The van der Waals surface area contributed by atoms with E-state index in [2.05, 4.69) is 10.2 Å². The van der Waals surface area contributed by atoms with Crippen LogP contribution in [-0.4, -0.2) is 48.1 Å². The number of carbonyl (C=O) groups excluding carboxylic acids is 1. The lowest BCUT2D eigenvalue weighted by molar-refractivity contribution is 0.103. The SMILES string of the molecule is CN(C)CCOc1ccc(C(=O)c2ccccc2)nn1. The molecule has 20 heavy (non-hydrogen) atoms. The number of hydrogen-bond donors (Lipinski definition) is 0. The molecule has 0 bridgehead atoms. The maximum atomic E-state index is 12.1. The standard InChI is InChI=1S/C15H17N3O2/c1-18(2)10-11-20-14-9-8-13(16-17-14)15(19)12-6-4-3-5-7-12/h3-9H,10-11H2,1-2H3. The van der Waals surface area contributed by atoms with Crippen LogP contribution in [0.25, 0.3) is 0 Å². The maximum absolute atomic E-state index is 12.1. The minimum absolute atomic E-state index is 0.141. The third kappa shape index (κ3) is 3.86. The topological polar surface area (TPSA) is 55.3 Å². The van der Waals surface area contributed by atoms with E-state index in [1.54, 1.807) is 24.3 Å². The first-order valence-electron chi connectivity index (χ1n) is 6.38. The Balaban J connectivity index is 1.99. The van der Waals surface area contributed by atoms with E-state index in [1.165, 1.54) is 0 Å². The number of carbonyl (C=O) groups is 1. The van der Waals surface area contributed by atoms with Crippen LogP contribution in [0.3, 0.4) is 0 Å². The van der Waals surface area contributed by atoms with Crippen molar-refractivity contribution in [3.05, 3.63) is 53.7 Å². The second-order valence-corrected chi connectivity index (χ2v) is 4.60. The molecule has 0 N–H and O–H groups in total. The Morgan fingerprint density at radius 1 is 1.10 bits per heavy atom. The molecule has 0 saturated carbocycles. The number of rotatable bonds is 6. The van der Waals surface area contributed by atoms with Gasteiger partial charge in [-0.2, -0.15) is 0 Å². The molecule has 0 atom stereocenters. The number of likely N-dealkylation sites (N-methyl/N-ethyl adjacent to an activating group) is 1. The predicted octanol–water partition coefficient (Wildman–Crippen LogP) is 1.65. The van der Waals surface area contributed by atoms with Gasteiger partial charge in [-0.1, -0.05) is 30.3 Å². The normalized spacial score (nSPS) is 10.6. The highest BCUT2D eigenvalue weighted by molar-refractivity contribution is 6.07. The van der Waals surface area contributed by atoms with Crippen molar-refractivity contribution in [2.24, 2.45) is 0 Å². The van der Waals surface area contributed by atoms with E-state index in [4.69, 9.17) is 4.74 Å². The Hall–Kier alpha value is -2.27. The van der Waals surface area contributed by atoms with Gasteiger partial charge < -0.3 is 9.64 Å². The van der Waals surface area contributed by atoms with Crippen molar-refractivity contribution in [1.82, 2.24) is 15.1 Å². The van der Waals surface area contributed by atoms with Gasteiger partial charge in [0, 0.05) is 18.2 Å². The molecule has 0 unspecified atom stereocenters. The van der Waals surface area contributed by atoms with Crippen molar-refractivity contribution < 1.29 is 9.53 Å². The number of benzene rings is 1. The Morgan fingerprint density at radius 3 is 2.45 bits per heavy atom. The molecule has 0 radical (unpaired) electrons. The van der Waals surface area contributed by atoms with Crippen molar-refractivity contribution in [3.8, 4) is 5.88 Å². The molecular weight excluding hydrogens is 254 g/mol. The quantitative estimate of drug-likeness (QED) is 0.748. The zero-order valence-electron chi connectivity index (χ0n) is 11.6. The minimum atomic E-state index is -0.141. The predicted molar refractivity (Wildman–Crippen MR) is 76.0 cm³/mol. The van der Waals surface area contributed by atoms with E-state index in [9.17, 15) is 4.79 Å². The molecule has 0 aliphatic rings. The van der Waals surface area contributed by atoms with Gasteiger partial charge in [0.05, 0.1) is 0 Å². The molecule has 0 amide bonds. The van der Waals surface area contributed by atoms with Gasteiger partial charge in [-0.25, -0.2) is 0 Å². The van der Waals surface area contributed by atoms with Crippen molar-refractivity contribution in [1.29, 1.82) is 0 Å². The maximum Gasteiger partial charge on any atom is 0.233 e. The zero-order valence-corrected chi connectivity index (χ0v) is 11.6. The number of ketones is 1. The van der Waals surface area contributed by atoms with Gasteiger partial charge in [0.2, 0.25) is 11.7 Å². The van der Waals surface area contributed by atoms with Crippen LogP contribution in [0.2, 0.25) is 0 Å². The number of nitrogens with zero attached hydrogens (tertiary/aromatic N) is 3. The summed E-state index contributed by atoms with van der Waals surface area (Å²) in [4.78, 5) is 14.1. The summed E-state index contributed by atoms with van der Waals surface area (Å²) < 4.78 is 5.43. The Morgan fingerprint density at radius 2 is 1.85 bits per heavy atom. The van der Waals surface area contributed by atoms with E-state index in [-0.39, 0.29) is 5.78 Å². The Kier molecular flexibility index (Phi) is 4.79. The highest BCUT2D eigenvalue weighted by Crippen LogP contribution is 2.09. The largest absolute Gasteiger partial charge is 0.475 e. The number of aromatic nitrogens is 2. The Labute approximate surface area is 118 Å². The van der Waals surface area contributed by atoms with Crippen LogP contribution in [0.5, 0.6) is 5.88 Å². The van der Waals surface area contributed by atoms with Gasteiger partial charge >= 0.3 is 0 Å². The third-order valence-corrected chi connectivity index (χ3v) is 2.70. The number of ether oxygens (including phenoxy) is 1. The van der Waals surface area contributed by atoms with Gasteiger partial charge in [0.25, 0.3) is 0 Å². The van der Waals surface area contributed by atoms with Gasteiger partial charge in [-0.3, -0.25) is 4.79 Å². The van der Waals surface area contributed by atoms with E-state index in [1.807, 2.05) is 37.2 Å². The fourth-order valence-corrected chi connectivity index (χ4v) is 1.59. The molecule has 5 heteroatoms. The van der Waals surface area contributed by atoms with Gasteiger partial charge in [0.1, 0.15) is 12.3 Å². The summed E-state index contributed by atoms with van der Waals surface area (Å²) in [6.07, 6.45) is 0. The molecule has 0 aliphatic heterocycles. The first-order chi connectivity index (χ1) is 9.66. The summed E-state index contributed by atoms with van der Waals surface area (Å²) in [7, 11) is 3.94. The molecule has 5 nitrogen and oxygen atoms in total. The number of hydrogen-bond acceptors (Lipinski definition) is 5. The molecule has 104 valence electrons. The lowest BCUT2D eigenvalue weighted by Crippen LogP contribution is -2.19. The van der Waals surface area contributed by atoms with Crippen LogP contribution in [0, 0.1) is 0 Å². The molecule has 1 heterocycles. The summed E-state index contributed by atoms with van der Waals surface area (Å²) in [6.45, 7) is 1.33. The van der Waals surface area contributed by atoms with Crippen molar-refractivity contribution >= 4 is 5.78 Å². The highest BCUT2D eigenvalue weighted by Gasteiger charge is 2.10. The lowest BCUT2D eigenvalue weighted by atomic mass is 10.1. The van der Waals surface area contributed by atoms with Gasteiger partial charge in [0.15, 0.2) is 0 Å². The summed E-state index contributed by atoms with van der Waals surface area (Å²) in [5.74, 6) is 0.286. The van der Waals surface area contributed by atoms with E-state index < -0.39 is 0 Å². The van der Waals surface area contributed by atoms with E-state index in [0.29, 0.717) is 23.7 Å². The van der Waals surface area contributed by atoms with Gasteiger partial charge in [-0.15, -0.1) is 10.2 Å². The average molecular weight is 271 g/mol. The average Bonchev–Trinajstić information content (AvgIpc) is 2.48. The van der Waals surface area contributed by atoms with Crippen LogP contribution in [-0.2, 0) is 0 Å². The summed E-state index contributed by atoms with van der Waals surface area (Å²) in [5, 5.41) is 7.83. The molecular formula is C15H17N3O2. The smallest absolute Gasteiger partial charge is 0.233 e. The second-order valence-electron chi connectivity index (χ2n) is 4.60. The third-order valence-electron chi connectivity index (χ3n) is 2.70. The first kappa shape index (κ1) is 14.1. The molecule has 0 saturated heterocycles. The van der Waals surface area contributed by atoms with Crippen LogP contribution in [0.4, 0.5) is 0 Å². The molecule has 1 aromatic carbocycles. The highest BCUT2D eigenvalue weighted by atomic mass is 16.5. The van der Waals surface area contributed by atoms with Gasteiger partial charge in [-0.05, 0) is 20.2 Å². The fourth-order valence-electron chi connectivity index (χ4n) is 1.59. The van der Waals surface area contributed by atoms with Crippen molar-refractivity contribution in [2.45, 2.75) is 0 Å². The van der Waals surface area contributed by atoms with Crippen LogP contribution in [0.15, 0.2) is 42.5 Å². The summed E-state index contributed by atoms with van der Waals surface area (Å²) in [6, 6.07) is 12.3. The Bertz CT molecular complexity index is 553. The fraction of sp³-hybridized carbons (Fsp3) is 0.267. The summed E-state index contributed by atoms with van der Waals surface area (Å²) >= 11 is 0. The molecule has 0 aliphatic carbocycles.